The van der Waals surface area contributed by atoms with Crippen LogP contribution in [0.2, 0.25) is 5.02 Å². The maximum absolute atomic E-state index is 12.5. The van der Waals surface area contributed by atoms with Gasteiger partial charge in [-0.2, -0.15) is 0 Å². The minimum absolute atomic E-state index is 0.142. The van der Waals surface area contributed by atoms with Gasteiger partial charge in [0.05, 0.1) is 25.2 Å². The number of hydrogen-bond acceptors (Lipinski definition) is 5. The smallest absolute Gasteiger partial charge is 0.286 e. The molecule has 2 rings (SSSR count). The molecule has 0 aromatic heterocycles. The first kappa shape index (κ1) is 17.6. The van der Waals surface area contributed by atoms with E-state index in [-0.39, 0.29) is 22.7 Å². The van der Waals surface area contributed by atoms with Gasteiger partial charge in [0, 0.05) is 16.8 Å². The van der Waals surface area contributed by atoms with Crippen LogP contribution in [0.15, 0.2) is 30.3 Å². The maximum atomic E-state index is 12.5. The minimum atomic E-state index is -0.651. The Labute approximate surface area is 143 Å². The number of nitro benzene ring substituents is 1. The number of ether oxygens (including phenoxy) is 2. The maximum Gasteiger partial charge on any atom is 0.286 e. The lowest BCUT2D eigenvalue weighted by Gasteiger charge is -2.12. The van der Waals surface area contributed by atoms with Gasteiger partial charge in [-0.05, 0) is 24.6 Å². The molecule has 0 heterocycles. The normalized spacial score (nSPS) is 10.2. The molecule has 2 aromatic rings. The monoisotopic (exact) mass is 350 g/mol. The van der Waals surface area contributed by atoms with Gasteiger partial charge in [-0.15, -0.1) is 0 Å². The predicted octanol–water partition coefficient (Wildman–Crippen LogP) is 3.83. The Balaban J connectivity index is 2.48. The first-order valence-corrected chi connectivity index (χ1v) is 7.23. The molecular weight excluding hydrogens is 336 g/mol. The van der Waals surface area contributed by atoms with Gasteiger partial charge in [-0.3, -0.25) is 14.9 Å². The van der Waals surface area contributed by atoms with Crippen molar-refractivity contribution in [3.63, 3.8) is 0 Å². The summed E-state index contributed by atoms with van der Waals surface area (Å²) in [7, 11) is 2.74. The molecular formula is C16H15ClN2O5. The molecule has 8 heteroatoms. The molecule has 0 atom stereocenters. The zero-order valence-electron chi connectivity index (χ0n) is 13.3. The van der Waals surface area contributed by atoms with Crippen molar-refractivity contribution in [1.82, 2.24) is 0 Å². The molecule has 0 aliphatic heterocycles. The summed E-state index contributed by atoms with van der Waals surface area (Å²) in [6.07, 6.45) is 0. The topological polar surface area (TPSA) is 90.7 Å². The Morgan fingerprint density at radius 3 is 2.42 bits per heavy atom. The number of amides is 1. The average molecular weight is 351 g/mol. The number of nitrogens with one attached hydrogen (secondary N) is 1. The zero-order valence-corrected chi connectivity index (χ0v) is 14.0. The highest BCUT2D eigenvalue weighted by Crippen LogP contribution is 2.35. The van der Waals surface area contributed by atoms with Gasteiger partial charge < -0.3 is 14.8 Å². The highest BCUT2D eigenvalue weighted by atomic mass is 35.5. The third-order valence-corrected chi connectivity index (χ3v) is 3.87. The van der Waals surface area contributed by atoms with Gasteiger partial charge >= 0.3 is 0 Å². The zero-order chi connectivity index (χ0) is 17.9. The lowest BCUT2D eigenvalue weighted by molar-refractivity contribution is -0.385. The van der Waals surface area contributed by atoms with Crippen LogP contribution in [-0.2, 0) is 0 Å². The second kappa shape index (κ2) is 7.18. The van der Waals surface area contributed by atoms with E-state index in [2.05, 4.69) is 5.32 Å². The van der Waals surface area contributed by atoms with Crippen LogP contribution in [0.3, 0.4) is 0 Å². The minimum Gasteiger partial charge on any atom is -0.493 e. The molecule has 0 unspecified atom stereocenters. The van der Waals surface area contributed by atoms with Crippen LogP contribution in [0.25, 0.3) is 0 Å². The number of hydrogen-bond donors (Lipinski definition) is 1. The summed E-state index contributed by atoms with van der Waals surface area (Å²) in [5, 5.41) is 14.4. The predicted molar refractivity (Wildman–Crippen MR) is 90.3 cm³/mol. The summed E-state index contributed by atoms with van der Waals surface area (Å²) in [4.78, 5) is 23.1. The summed E-state index contributed by atoms with van der Waals surface area (Å²) < 4.78 is 10.1. The Morgan fingerprint density at radius 2 is 1.83 bits per heavy atom. The van der Waals surface area contributed by atoms with Crippen molar-refractivity contribution in [3.05, 3.63) is 56.6 Å². The van der Waals surface area contributed by atoms with Crippen LogP contribution in [0, 0.1) is 17.0 Å². The number of nitrogens with zero attached hydrogens (tertiary/aromatic N) is 1. The molecule has 0 radical (unpaired) electrons. The van der Waals surface area contributed by atoms with Crippen molar-refractivity contribution < 1.29 is 19.2 Å². The van der Waals surface area contributed by atoms with Gasteiger partial charge in [-0.1, -0.05) is 17.7 Å². The second-order valence-electron chi connectivity index (χ2n) is 4.85. The quantitative estimate of drug-likeness (QED) is 0.653. The van der Waals surface area contributed by atoms with E-state index in [1.165, 1.54) is 20.3 Å². The second-order valence-corrected chi connectivity index (χ2v) is 5.26. The molecule has 0 bridgehead atoms. The van der Waals surface area contributed by atoms with E-state index < -0.39 is 10.8 Å². The van der Waals surface area contributed by atoms with E-state index in [0.717, 1.165) is 6.07 Å². The Morgan fingerprint density at radius 1 is 1.21 bits per heavy atom. The highest BCUT2D eigenvalue weighted by Gasteiger charge is 2.25. The summed E-state index contributed by atoms with van der Waals surface area (Å²) in [5.41, 5.74) is 0.606. The van der Waals surface area contributed by atoms with Crippen LogP contribution in [0.4, 0.5) is 11.4 Å². The van der Waals surface area contributed by atoms with Gasteiger partial charge in [0.15, 0.2) is 11.5 Å². The van der Waals surface area contributed by atoms with E-state index >= 15 is 0 Å². The Kier molecular flexibility index (Phi) is 5.25. The molecule has 0 aliphatic carbocycles. The van der Waals surface area contributed by atoms with Crippen molar-refractivity contribution >= 4 is 28.9 Å². The summed E-state index contributed by atoms with van der Waals surface area (Å²) in [6, 6.07) is 7.44. The largest absolute Gasteiger partial charge is 0.493 e. The molecule has 0 aliphatic rings. The molecule has 0 saturated carbocycles. The molecule has 0 fully saturated rings. The average Bonchev–Trinajstić information content (AvgIpc) is 2.57. The highest BCUT2D eigenvalue weighted by molar-refractivity contribution is 6.31. The number of benzene rings is 2. The first-order chi connectivity index (χ1) is 11.4. The lowest BCUT2D eigenvalue weighted by Crippen LogP contribution is -2.15. The van der Waals surface area contributed by atoms with Crippen molar-refractivity contribution in [1.29, 1.82) is 0 Å². The fourth-order valence-electron chi connectivity index (χ4n) is 2.13. The number of carbonyl (C=O) groups is 1. The van der Waals surface area contributed by atoms with Crippen LogP contribution in [0.1, 0.15) is 15.9 Å². The number of halogens is 1. The van der Waals surface area contributed by atoms with Gasteiger partial charge in [0.1, 0.15) is 5.56 Å². The number of carbonyl (C=O) groups excluding carboxylic acids is 1. The molecule has 0 spiro atoms. The molecule has 7 nitrogen and oxygen atoms in total. The standard InChI is InChI=1S/C16H15ClN2O5/c1-9-11(17)5-4-6-12(9)18-16(20)10-7-14(23-2)15(24-3)8-13(10)19(21)22/h4-8H,1-3H3,(H,18,20). The fourth-order valence-corrected chi connectivity index (χ4v) is 2.31. The van der Waals surface area contributed by atoms with Crippen molar-refractivity contribution in [2.75, 3.05) is 19.5 Å². The van der Waals surface area contributed by atoms with E-state index in [9.17, 15) is 14.9 Å². The van der Waals surface area contributed by atoms with Crippen LogP contribution < -0.4 is 14.8 Å². The van der Waals surface area contributed by atoms with Crippen molar-refractivity contribution in [2.45, 2.75) is 6.92 Å². The Bertz CT molecular complexity index is 807. The van der Waals surface area contributed by atoms with Crippen molar-refractivity contribution in [3.8, 4) is 11.5 Å². The summed E-state index contributed by atoms with van der Waals surface area (Å²) in [5.74, 6) is -0.260. The van der Waals surface area contributed by atoms with E-state index in [4.69, 9.17) is 21.1 Å². The molecule has 2 aromatic carbocycles. The van der Waals surface area contributed by atoms with E-state index in [1.54, 1.807) is 25.1 Å². The van der Waals surface area contributed by atoms with Crippen LogP contribution >= 0.6 is 11.6 Å². The summed E-state index contributed by atoms with van der Waals surface area (Å²) >= 11 is 6.02. The Hall–Kier alpha value is -2.80. The van der Waals surface area contributed by atoms with E-state index in [0.29, 0.717) is 16.3 Å². The molecule has 1 N–H and O–H groups in total. The van der Waals surface area contributed by atoms with Gasteiger partial charge in [0.25, 0.3) is 11.6 Å². The first-order valence-electron chi connectivity index (χ1n) is 6.86. The number of methoxy groups -OCH3 is 2. The number of anilines is 1. The van der Waals surface area contributed by atoms with Gasteiger partial charge in [0.2, 0.25) is 0 Å². The van der Waals surface area contributed by atoms with Gasteiger partial charge in [-0.25, -0.2) is 0 Å². The number of nitro groups is 1. The van der Waals surface area contributed by atoms with E-state index in [1.807, 2.05) is 0 Å². The fraction of sp³-hybridized carbons (Fsp3) is 0.188. The number of rotatable bonds is 5. The van der Waals surface area contributed by atoms with Crippen LogP contribution in [-0.4, -0.2) is 25.1 Å². The third kappa shape index (κ3) is 3.41. The third-order valence-electron chi connectivity index (χ3n) is 3.46. The summed E-state index contributed by atoms with van der Waals surface area (Å²) in [6.45, 7) is 1.74. The molecule has 1 amide bonds. The molecule has 126 valence electrons. The lowest BCUT2D eigenvalue weighted by atomic mass is 10.1. The van der Waals surface area contributed by atoms with Crippen LogP contribution in [0.5, 0.6) is 11.5 Å². The van der Waals surface area contributed by atoms with Crippen molar-refractivity contribution in [2.24, 2.45) is 0 Å². The SMILES string of the molecule is COc1cc(C(=O)Nc2cccc(Cl)c2C)c([N+](=O)[O-])cc1OC. The molecule has 24 heavy (non-hydrogen) atoms. The molecule has 0 saturated heterocycles.